The van der Waals surface area contributed by atoms with Gasteiger partial charge in [0.2, 0.25) is 0 Å². The molecule has 0 aliphatic heterocycles. The third-order valence-electron chi connectivity index (χ3n) is 2.25. The molecule has 0 aliphatic carbocycles. The fourth-order valence-electron chi connectivity index (χ4n) is 1.38. The number of carbonyl (C=O) groups is 1. The number of amides is 1. The Kier molecular flexibility index (Phi) is 4.65. The van der Waals surface area contributed by atoms with Gasteiger partial charge in [0.15, 0.2) is 5.82 Å². The normalized spacial score (nSPS) is 9.65. The molecule has 0 saturated heterocycles. The maximum Gasteiger partial charge on any atom is 0.268 e. The topological polar surface area (TPSA) is 95.1 Å². The quantitative estimate of drug-likeness (QED) is 0.729. The second-order valence-electron chi connectivity index (χ2n) is 3.70. The molecule has 20 heavy (non-hydrogen) atoms. The Balaban J connectivity index is 2.14. The first-order valence-electron chi connectivity index (χ1n) is 5.75. The minimum Gasteiger partial charge on any atom is -0.395 e. The predicted molar refractivity (Wildman–Crippen MR) is 75.7 cm³/mol. The van der Waals surface area contributed by atoms with Gasteiger partial charge in [-0.2, -0.15) is 5.10 Å². The van der Waals surface area contributed by atoms with Crippen LogP contribution in [0.2, 0.25) is 0 Å². The molecule has 2 aromatic heterocycles. The summed E-state index contributed by atoms with van der Waals surface area (Å²) in [7, 11) is 0. The number of carbonyl (C=O) groups excluding carboxylic acids is 1. The van der Waals surface area contributed by atoms with Crippen LogP contribution in [-0.4, -0.2) is 27.8 Å². The Morgan fingerprint density at radius 2 is 2.30 bits per heavy atom. The standard InChI is InChI=1S/C13H11N3O3S/c17-7-2-1-3-9-6-8-20-12(9)13(19)14-10-4-5-11(18)16-15-10/h4-6,8,17H,2,7H2,(H,16,18)(H,14,15,19). The van der Waals surface area contributed by atoms with E-state index >= 15 is 0 Å². The van der Waals surface area contributed by atoms with E-state index in [0.717, 1.165) is 0 Å². The van der Waals surface area contributed by atoms with Crippen LogP contribution >= 0.6 is 11.3 Å². The van der Waals surface area contributed by atoms with Crippen molar-refractivity contribution in [2.45, 2.75) is 6.42 Å². The van der Waals surface area contributed by atoms with E-state index in [9.17, 15) is 9.59 Å². The molecule has 0 aromatic carbocycles. The van der Waals surface area contributed by atoms with Crippen LogP contribution in [0.3, 0.4) is 0 Å². The van der Waals surface area contributed by atoms with Gasteiger partial charge in [-0.1, -0.05) is 11.8 Å². The largest absolute Gasteiger partial charge is 0.395 e. The Morgan fingerprint density at radius 3 is 3.00 bits per heavy atom. The van der Waals surface area contributed by atoms with Gasteiger partial charge in [-0.05, 0) is 17.5 Å². The predicted octanol–water partition coefficient (Wildman–Crippen LogP) is 0.818. The molecule has 0 spiro atoms. The third-order valence-corrected chi connectivity index (χ3v) is 3.17. The minimum absolute atomic E-state index is 0.0139. The van der Waals surface area contributed by atoms with Gasteiger partial charge in [-0.25, -0.2) is 5.10 Å². The summed E-state index contributed by atoms with van der Waals surface area (Å²) in [5, 5.41) is 18.9. The summed E-state index contributed by atoms with van der Waals surface area (Å²) in [5.41, 5.74) is 0.264. The summed E-state index contributed by atoms with van der Waals surface area (Å²) in [6.45, 7) is -0.0139. The SMILES string of the molecule is O=C(Nc1ccc(=O)[nH]n1)c1sccc1C#CCCO. The molecule has 102 valence electrons. The van der Waals surface area contributed by atoms with E-state index in [4.69, 9.17) is 5.11 Å². The van der Waals surface area contributed by atoms with E-state index in [1.54, 1.807) is 11.4 Å². The van der Waals surface area contributed by atoms with Gasteiger partial charge in [-0.3, -0.25) is 9.59 Å². The Hall–Kier alpha value is -2.43. The zero-order valence-electron chi connectivity index (χ0n) is 10.3. The van der Waals surface area contributed by atoms with Gasteiger partial charge in [0.25, 0.3) is 11.5 Å². The lowest BCUT2D eigenvalue weighted by molar-refractivity contribution is 0.103. The van der Waals surface area contributed by atoms with Crippen LogP contribution in [-0.2, 0) is 0 Å². The molecule has 0 bridgehead atoms. The second-order valence-corrected chi connectivity index (χ2v) is 4.62. The highest BCUT2D eigenvalue weighted by Gasteiger charge is 2.12. The number of rotatable bonds is 3. The van der Waals surface area contributed by atoms with E-state index in [0.29, 0.717) is 16.9 Å². The highest BCUT2D eigenvalue weighted by molar-refractivity contribution is 7.12. The number of aromatic nitrogens is 2. The first-order valence-corrected chi connectivity index (χ1v) is 6.63. The van der Waals surface area contributed by atoms with E-state index in [1.165, 1.54) is 23.5 Å². The number of anilines is 1. The Labute approximate surface area is 118 Å². The number of hydrogen-bond acceptors (Lipinski definition) is 5. The summed E-state index contributed by atoms with van der Waals surface area (Å²) in [5.74, 6) is 5.52. The van der Waals surface area contributed by atoms with Gasteiger partial charge >= 0.3 is 0 Å². The fraction of sp³-hybridized carbons (Fsp3) is 0.154. The van der Waals surface area contributed by atoms with Gasteiger partial charge in [-0.15, -0.1) is 11.3 Å². The van der Waals surface area contributed by atoms with Gasteiger partial charge in [0.1, 0.15) is 4.88 Å². The van der Waals surface area contributed by atoms with Crippen molar-refractivity contribution in [3.8, 4) is 11.8 Å². The zero-order chi connectivity index (χ0) is 14.4. The fourth-order valence-corrected chi connectivity index (χ4v) is 2.13. The monoisotopic (exact) mass is 289 g/mol. The summed E-state index contributed by atoms with van der Waals surface area (Å²) in [6, 6.07) is 4.44. The van der Waals surface area contributed by atoms with Crippen LogP contribution in [0, 0.1) is 11.8 Å². The smallest absolute Gasteiger partial charge is 0.268 e. The summed E-state index contributed by atoms with van der Waals surface area (Å²) >= 11 is 1.26. The van der Waals surface area contributed by atoms with Crippen molar-refractivity contribution in [3.63, 3.8) is 0 Å². The first-order chi connectivity index (χ1) is 9.70. The summed E-state index contributed by atoms with van der Waals surface area (Å²) in [4.78, 5) is 23.4. The molecule has 2 heterocycles. The number of H-pyrrole nitrogens is 1. The van der Waals surface area contributed by atoms with Crippen molar-refractivity contribution in [3.05, 3.63) is 44.4 Å². The number of nitrogens with one attached hydrogen (secondary N) is 2. The summed E-state index contributed by atoms with van der Waals surface area (Å²) < 4.78 is 0. The number of aromatic amines is 1. The molecule has 6 nitrogen and oxygen atoms in total. The Bertz CT molecular complexity index is 704. The van der Waals surface area contributed by atoms with Crippen LogP contribution in [0.5, 0.6) is 0 Å². The van der Waals surface area contributed by atoms with Crippen LogP contribution in [0.15, 0.2) is 28.4 Å². The van der Waals surface area contributed by atoms with E-state index < -0.39 is 0 Å². The lowest BCUT2D eigenvalue weighted by Crippen LogP contribution is -2.15. The van der Waals surface area contributed by atoms with Crippen LogP contribution in [0.1, 0.15) is 21.7 Å². The molecule has 1 amide bonds. The average molecular weight is 289 g/mol. The number of aliphatic hydroxyl groups excluding tert-OH is 1. The average Bonchev–Trinajstić information content (AvgIpc) is 2.90. The number of aliphatic hydroxyl groups is 1. The van der Waals surface area contributed by atoms with E-state index in [-0.39, 0.29) is 23.9 Å². The lowest BCUT2D eigenvalue weighted by atomic mass is 10.2. The molecule has 0 unspecified atom stereocenters. The molecule has 7 heteroatoms. The van der Waals surface area contributed by atoms with Crippen molar-refractivity contribution in [2.75, 3.05) is 11.9 Å². The molecule has 0 fully saturated rings. The van der Waals surface area contributed by atoms with Crippen molar-refractivity contribution >= 4 is 23.1 Å². The van der Waals surface area contributed by atoms with Crippen LogP contribution in [0.4, 0.5) is 5.82 Å². The molecule has 0 radical (unpaired) electrons. The zero-order valence-corrected chi connectivity index (χ0v) is 11.2. The highest BCUT2D eigenvalue weighted by atomic mass is 32.1. The maximum atomic E-state index is 12.1. The molecule has 2 aromatic rings. The molecule has 0 saturated carbocycles. The number of thiophene rings is 1. The van der Waals surface area contributed by atoms with Crippen molar-refractivity contribution in [2.24, 2.45) is 0 Å². The molecule has 3 N–H and O–H groups in total. The van der Waals surface area contributed by atoms with Crippen LogP contribution < -0.4 is 10.9 Å². The maximum absolute atomic E-state index is 12.1. The van der Waals surface area contributed by atoms with E-state index in [1.807, 2.05) is 0 Å². The lowest BCUT2D eigenvalue weighted by Gasteiger charge is -2.01. The molecule has 0 atom stereocenters. The minimum atomic E-state index is -0.340. The van der Waals surface area contributed by atoms with E-state index in [2.05, 4.69) is 27.4 Å². The second kappa shape index (κ2) is 6.65. The highest BCUT2D eigenvalue weighted by Crippen LogP contribution is 2.17. The molecule has 0 aliphatic rings. The number of hydrogen-bond donors (Lipinski definition) is 3. The van der Waals surface area contributed by atoms with Crippen molar-refractivity contribution in [1.29, 1.82) is 0 Å². The van der Waals surface area contributed by atoms with Crippen molar-refractivity contribution in [1.82, 2.24) is 10.2 Å². The molecular formula is C13H11N3O3S. The van der Waals surface area contributed by atoms with Crippen molar-refractivity contribution < 1.29 is 9.90 Å². The van der Waals surface area contributed by atoms with Gasteiger partial charge < -0.3 is 10.4 Å². The van der Waals surface area contributed by atoms with Gasteiger partial charge in [0.05, 0.1) is 6.61 Å². The summed E-state index contributed by atoms with van der Waals surface area (Å²) in [6.07, 6.45) is 0.360. The molecule has 2 rings (SSSR count). The Morgan fingerprint density at radius 1 is 1.45 bits per heavy atom. The third kappa shape index (κ3) is 3.54. The molecular weight excluding hydrogens is 278 g/mol. The number of nitrogens with zero attached hydrogens (tertiary/aromatic N) is 1. The van der Waals surface area contributed by atoms with Gasteiger partial charge in [0, 0.05) is 18.1 Å². The first kappa shape index (κ1) is 14.0. The van der Waals surface area contributed by atoms with Crippen LogP contribution in [0.25, 0.3) is 0 Å².